The predicted octanol–water partition coefficient (Wildman–Crippen LogP) is 1.59. The number of aryl methyl sites for hydroxylation is 1. The zero-order valence-electron chi connectivity index (χ0n) is 14.1. The molecule has 0 saturated carbocycles. The molecule has 1 unspecified atom stereocenters. The van der Waals surface area contributed by atoms with Gasteiger partial charge in [0.25, 0.3) is 5.91 Å². The summed E-state index contributed by atoms with van der Waals surface area (Å²) in [6.07, 6.45) is 5.88. The summed E-state index contributed by atoms with van der Waals surface area (Å²) >= 11 is 0. The van der Waals surface area contributed by atoms with E-state index in [1.807, 2.05) is 41.2 Å². The zero-order chi connectivity index (χ0) is 17.2. The SMILES string of the molecule is Cn1cc(CC2CCN(C(=O)C#Cc3ccc4c(c3)OCO4)C2)cn1. The Bertz CT molecular complexity index is 862. The fourth-order valence-corrected chi connectivity index (χ4v) is 3.27. The van der Waals surface area contributed by atoms with Crippen molar-refractivity contribution in [1.82, 2.24) is 14.7 Å². The summed E-state index contributed by atoms with van der Waals surface area (Å²) in [7, 11) is 1.92. The van der Waals surface area contributed by atoms with Crippen molar-refractivity contribution in [3.63, 3.8) is 0 Å². The van der Waals surface area contributed by atoms with Crippen LogP contribution in [0.25, 0.3) is 0 Å². The topological polar surface area (TPSA) is 56.6 Å². The van der Waals surface area contributed by atoms with E-state index in [2.05, 4.69) is 16.9 Å². The van der Waals surface area contributed by atoms with E-state index < -0.39 is 0 Å². The first-order valence-corrected chi connectivity index (χ1v) is 8.35. The molecule has 1 saturated heterocycles. The number of likely N-dealkylation sites (tertiary alicyclic amines) is 1. The Labute approximate surface area is 146 Å². The molecule has 128 valence electrons. The van der Waals surface area contributed by atoms with E-state index in [-0.39, 0.29) is 12.7 Å². The first-order valence-electron chi connectivity index (χ1n) is 8.35. The van der Waals surface area contributed by atoms with E-state index in [4.69, 9.17) is 9.47 Å². The van der Waals surface area contributed by atoms with Gasteiger partial charge in [-0.25, -0.2) is 0 Å². The Morgan fingerprint density at radius 3 is 3.08 bits per heavy atom. The van der Waals surface area contributed by atoms with Crippen LogP contribution < -0.4 is 9.47 Å². The Hall–Kier alpha value is -2.94. The average molecular weight is 337 g/mol. The van der Waals surface area contributed by atoms with Gasteiger partial charge in [0.2, 0.25) is 6.79 Å². The molecular formula is C19H19N3O3. The second kappa shape index (κ2) is 6.52. The number of carbonyl (C=O) groups excluding carboxylic acids is 1. The summed E-state index contributed by atoms with van der Waals surface area (Å²) in [5.74, 6) is 7.42. The Kier molecular flexibility index (Phi) is 4.06. The molecule has 25 heavy (non-hydrogen) atoms. The molecule has 0 aliphatic carbocycles. The summed E-state index contributed by atoms with van der Waals surface area (Å²) in [4.78, 5) is 14.2. The van der Waals surface area contributed by atoms with E-state index >= 15 is 0 Å². The first kappa shape index (κ1) is 15.6. The van der Waals surface area contributed by atoms with E-state index in [0.717, 1.165) is 37.2 Å². The van der Waals surface area contributed by atoms with E-state index in [1.165, 1.54) is 5.56 Å². The van der Waals surface area contributed by atoms with Crippen LogP contribution in [0.3, 0.4) is 0 Å². The van der Waals surface area contributed by atoms with Gasteiger partial charge in [-0.15, -0.1) is 0 Å². The highest BCUT2D eigenvalue weighted by Crippen LogP contribution is 2.32. The third-order valence-corrected chi connectivity index (χ3v) is 4.54. The summed E-state index contributed by atoms with van der Waals surface area (Å²) in [5, 5.41) is 4.20. The zero-order valence-corrected chi connectivity index (χ0v) is 14.1. The number of fused-ring (bicyclic) bond motifs is 1. The molecule has 0 radical (unpaired) electrons. The molecule has 1 amide bonds. The number of carbonyl (C=O) groups is 1. The lowest BCUT2D eigenvalue weighted by atomic mass is 10.0. The summed E-state index contributed by atoms with van der Waals surface area (Å²) in [5.41, 5.74) is 1.97. The molecule has 0 bridgehead atoms. The number of hydrogen-bond acceptors (Lipinski definition) is 4. The van der Waals surface area contributed by atoms with Crippen molar-refractivity contribution in [2.24, 2.45) is 13.0 Å². The quantitative estimate of drug-likeness (QED) is 0.781. The van der Waals surface area contributed by atoms with Crippen molar-refractivity contribution in [2.45, 2.75) is 12.8 Å². The molecule has 0 N–H and O–H groups in total. The van der Waals surface area contributed by atoms with Crippen molar-refractivity contribution < 1.29 is 14.3 Å². The third-order valence-electron chi connectivity index (χ3n) is 4.54. The van der Waals surface area contributed by atoms with Gasteiger partial charge in [-0.05, 0) is 42.5 Å². The van der Waals surface area contributed by atoms with Crippen LogP contribution in [-0.4, -0.2) is 40.5 Å². The van der Waals surface area contributed by atoms with Crippen LogP contribution in [0, 0.1) is 17.8 Å². The lowest BCUT2D eigenvalue weighted by Gasteiger charge is -2.12. The third kappa shape index (κ3) is 3.45. The molecule has 1 fully saturated rings. The number of amides is 1. The van der Waals surface area contributed by atoms with Crippen molar-refractivity contribution in [3.05, 3.63) is 41.7 Å². The normalized spacial score (nSPS) is 18.1. The molecule has 2 aromatic rings. The molecule has 4 rings (SSSR count). The molecule has 1 aromatic heterocycles. The molecule has 2 aliphatic rings. The van der Waals surface area contributed by atoms with Crippen LogP contribution in [0.2, 0.25) is 0 Å². The lowest BCUT2D eigenvalue weighted by molar-refractivity contribution is -0.124. The molecular weight excluding hydrogens is 318 g/mol. The van der Waals surface area contributed by atoms with Crippen LogP contribution in [0.1, 0.15) is 17.5 Å². The van der Waals surface area contributed by atoms with Crippen molar-refractivity contribution in [2.75, 3.05) is 19.9 Å². The van der Waals surface area contributed by atoms with Crippen molar-refractivity contribution in [1.29, 1.82) is 0 Å². The van der Waals surface area contributed by atoms with E-state index in [0.29, 0.717) is 11.7 Å². The van der Waals surface area contributed by atoms with Gasteiger partial charge < -0.3 is 14.4 Å². The lowest BCUT2D eigenvalue weighted by Crippen LogP contribution is -2.27. The van der Waals surface area contributed by atoms with Gasteiger partial charge in [0.05, 0.1) is 6.20 Å². The fourth-order valence-electron chi connectivity index (χ4n) is 3.27. The Morgan fingerprint density at radius 2 is 2.24 bits per heavy atom. The smallest absolute Gasteiger partial charge is 0.298 e. The maximum atomic E-state index is 12.3. The van der Waals surface area contributed by atoms with Crippen LogP contribution >= 0.6 is 0 Å². The Morgan fingerprint density at radius 1 is 1.36 bits per heavy atom. The number of aromatic nitrogens is 2. The number of rotatable bonds is 2. The highest BCUT2D eigenvalue weighted by molar-refractivity contribution is 5.94. The summed E-state index contributed by atoms with van der Waals surface area (Å²) in [6.45, 7) is 1.75. The van der Waals surface area contributed by atoms with E-state index in [9.17, 15) is 4.79 Å². The monoisotopic (exact) mass is 337 g/mol. The van der Waals surface area contributed by atoms with Crippen molar-refractivity contribution in [3.8, 4) is 23.3 Å². The first-order chi connectivity index (χ1) is 12.2. The molecule has 3 heterocycles. The van der Waals surface area contributed by atoms with Gasteiger partial charge in [0, 0.05) is 37.8 Å². The highest BCUT2D eigenvalue weighted by atomic mass is 16.7. The van der Waals surface area contributed by atoms with Crippen molar-refractivity contribution >= 4 is 5.91 Å². The summed E-state index contributed by atoms with van der Waals surface area (Å²) in [6, 6.07) is 5.46. The average Bonchev–Trinajstić information content (AvgIpc) is 3.33. The Balaban J connectivity index is 1.36. The van der Waals surface area contributed by atoms with Gasteiger partial charge in [-0.1, -0.05) is 5.92 Å². The largest absolute Gasteiger partial charge is 0.454 e. The van der Waals surface area contributed by atoms with Gasteiger partial charge >= 0.3 is 0 Å². The molecule has 6 heteroatoms. The van der Waals surface area contributed by atoms with Crippen LogP contribution in [0.15, 0.2) is 30.6 Å². The molecule has 6 nitrogen and oxygen atoms in total. The minimum Gasteiger partial charge on any atom is -0.454 e. The molecule has 2 aliphatic heterocycles. The van der Waals surface area contributed by atoms with Gasteiger partial charge in [-0.3, -0.25) is 9.48 Å². The standard InChI is InChI=1S/C19H19N3O3/c1-21-11-16(10-20-21)8-15-6-7-22(12-15)19(23)5-3-14-2-4-17-18(9-14)25-13-24-17/h2,4,9-11,15H,6-8,12-13H2,1H3. The predicted molar refractivity (Wildman–Crippen MR) is 91.0 cm³/mol. The number of nitrogens with zero attached hydrogens (tertiary/aromatic N) is 3. The van der Waals surface area contributed by atoms with Crippen LogP contribution in [-0.2, 0) is 18.3 Å². The minimum absolute atomic E-state index is 0.119. The maximum Gasteiger partial charge on any atom is 0.298 e. The highest BCUT2D eigenvalue weighted by Gasteiger charge is 2.25. The molecule has 0 spiro atoms. The molecule has 1 aromatic carbocycles. The number of hydrogen-bond donors (Lipinski definition) is 0. The fraction of sp³-hybridized carbons (Fsp3) is 0.368. The van der Waals surface area contributed by atoms with E-state index in [1.54, 1.807) is 6.07 Å². The second-order valence-electron chi connectivity index (χ2n) is 6.45. The maximum absolute atomic E-state index is 12.3. The summed E-state index contributed by atoms with van der Waals surface area (Å²) < 4.78 is 12.4. The second-order valence-corrected chi connectivity index (χ2v) is 6.45. The molecule has 1 atom stereocenters. The van der Waals surface area contributed by atoms with Crippen LogP contribution in [0.5, 0.6) is 11.5 Å². The van der Waals surface area contributed by atoms with Gasteiger partial charge in [0.15, 0.2) is 11.5 Å². The van der Waals surface area contributed by atoms with Gasteiger partial charge in [-0.2, -0.15) is 5.10 Å². The van der Waals surface area contributed by atoms with Crippen LogP contribution in [0.4, 0.5) is 0 Å². The number of ether oxygens (including phenoxy) is 2. The minimum atomic E-state index is -0.119. The number of benzene rings is 1. The van der Waals surface area contributed by atoms with Gasteiger partial charge in [0.1, 0.15) is 0 Å².